The lowest BCUT2D eigenvalue weighted by Crippen LogP contribution is -2.62. The lowest BCUT2D eigenvalue weighted by atomic mass is 9.95. The molecule has 0 aromatic carbocycles. The monoisotopic (exact) mass is 866 g/mol. The predicted octanol–water partition coefficient (Wildman–Crippen LogP) is -1.99. The first kappa shape index (κ1) is 52.1. The molecule has 7 amide bonds. The molecule has 0 radical (unpaired) electrons. The number of amides is 7. The Kier molecular flexibility index (Phi) is 20.8. The van der Waals surface area contributed by atoms with Crippen LogP contribution in [0.25, 0.3) is 0 Å². The molecule has 346 valence electrons. The molecule has 13 N–H and O–H groups in total. The Labute approximate surface area is 358 Å². The maximum atomic E-state index is 14.3. The predicted molar refractivity (Wildman–Crippen MR) is 226 cm³/mol. The summed E-state index contributed by atoms with van der Waals surface area (Å²) in [5.74, 6) is -6.70. The van der Waals surface area contributed by atoms with Crippen LogP contribution in [0.3, 0.4) is 0 Å². The van der Waals surface area contributed by atoms with Crippen LogP contribution >= 0.6 is 0 Å². The van der Waals surface area contributed by atoms with Gasteiger partial charge >= 0.3 is 5.97 Å². The number of aliphatic carboxylic acids is 1. The number of carboxylic acid groups (broad SMARTS) is 1. The number of hydrogen-bond donors (Lipinski definition) is 10. The fourth-order valence-electron chi connectivity index (χ4n) is 7.40. The van der Waals surface area contributed by atoms with Crippen LogP contribution in [0.2, 0.25) is 0 Å². The summed E-state index contributed by atoms with van der Waals surface area (Å²) >= 11 is 0. The van der Waals surface area contributed by atoms with Gasteiger partial charge in [-0.1, -0.05) is 48.0 Å². The van der Waals surface area contributed by atoms with Crippen LogP contribution in [0.4, 0.5) is 0 Å². The summed E-state index contributed by atoms with van der Waals surface area (Å²) < 4.78 is 0. The highest BCUT2D eigenvalue weighted by molar-refractivity contribution is 5.98. The minimum atomic E-state index is -1.52. The lowest BCUT2D eigenvalue weighted by Gasteiger charge is -2.33. The van der Waals surface area contributed by atoms with Crippen molar-refractivity contribution < 1.29 is 48.6 Å². The first-order valence-electron chi connectivity index (χ1n) is 21.4. The Morgan fingerprint density at radius 3 is 1.79 bits per heavy atom. The van der Waals surface area contributed by atoms with E-state index in [1.54, 1.807) is 20.8 Å². The van der Waals surface area contributed by atoms with Crippen LogP contribution in [0.15, 0.2) is 4.99 Å². The number of carbonyl (C=O) groups excluding carboxylic acids is 7. The number of nitrogens with one attached hydrogen (secondary N) is 5. The zero-order valence-electron chi connectivity index (χ0n) is 36.9. The van der Waals surface area contributed by atoms with Crippen molar-refractivity contribution in [3.63, 3.8) is 0 Å². The van der Waals surface area contributed by atoms with Gasteiger partial charge in [-0.05, 0) is 76.5 Å². The highest BCUT2D eigenvalue weighted by Crippen LogP contribution is 2.22. The molecule has 0 aromatic rings. The fourth-order valence-corrected chi connectivity index (χ4v) is 7.40. The van der Waals surface area contributed by atoms with Crippen LogP contribution in [-0.2, 0) is 38.4 Å². The second kappa shape index (κ2) is 24.4. The van der Waals surface area contributed by atoms with E-state index in [1.807, 2.05) is 20.8 Å². The normalized spacial score (nSPS) is 20.3. The molecule has 10 atom stereocenters. The van der Waals surface area contributed by atoms with E-state index in [1.165, 1.54) is 23.6 Å². The van der Waals surface area contributed by atoms with Crippen molar-refractivity contribution in [1.82, 2.24) is 36.4 Å². The van der Waals surface area contributed by atoms with E-state index in [0.717, 1.165) is 0 Å². The third-order valence-electron chi connectivity index (χ3n) is 11.1. The van der Waals surface area contributed by atoms with E-state index in [9.17, 15) is 48.6 Å². The van der Waals surface area contributed by atoms with Crippen molar-refractivity contribution in [3.8, 4) is 0 Å². The van der Waals surface area contributed by atoms with Gasteiger partial charge in [0.2, 0.25) is 41.4 Å². The SMILES string of the molecule is CC[C@H](C)[C@H](NC(=O)[C@@H](NC(=O)[C@@H](N)CCCN=C(N)N)C(C)C)C(=O)N[C@@H](CC(C)C)C(=O)N1CCC[C@H]1C(=O)N[C@H](C(=O)N[C@@H](C)C(=O)N1CCC[C@H]1C(=O)O)[C@@H](C)O. The van der Waals surface area contributed by atoms with E-state index in [2.05, 4.69) is 31.6 Å². The average molecular weight is 866 g/mol. The van der Waals surface area contributed by atoms with Crippen LogP contribution in [0, 0.1) is 17.8 Å². The number of likely N-dealkylation sites (tertiary alicyclic amines) is 2. The summed E-state index contributed by atoms with van der Waals surface area (Å²) in [7, 11) is 0. The van der Waals surface area contributed by atoms with Gasteiger partial charge in [0.05, 0.1) is 12.1 Å². The number of guanidine groups is 1. The largest absolute Gasteiger partial charge is 0.480 e. The number of carboxylic acids is 1. The highest BCUT2D eigenvalue weighted by atomic mass is 16.4. The van der Waals surface area contributed by atoms with Crippen molar-refractivity contribution in [1.29, 1.82) is 0 Å². The second-order valence-electron chi connectivity index (χ2n) is 17.0. The van der Waals surface area contributed by atoms with E-state index < -0.39 is 108 Å². The number of carbonyl (C=O) groups is 8. The molecule has 21 nitrogen and oxygen atoms in total. The number of nitrogens with zero attached hydrogens (tertiary/aromatic N) is 3. The second-order valence-corrected chi connectivity index (χ2v) is 17.0. The zero-order chi connectivity index (χ0) is 46.3. The van der Waals surface area contributed by atoms with Gasteiger partial charge in [0, 0.05) is 19.6 Å². The minimum absolute atomic E-state index is 0.0801. The third-order valence-corrected chi connectivity index (χ3v) is 11.1. The van der Waals surface area contributed by atoms with Crippen molar-refractivity contribution >= 4 is 53.3 Å². The summed E-state index contributed by atoms with van der Waals surface area (Å²) in [6.07, 6.45) is 1.35. The third kappa shape index (κ3) is 15.4. The van der Waals surface area contributed by atoms with E-state index in [4.69, 9.17) is 17.2 Å². The van der Waals surface area contributed by atoms with Crippen molar-refractivity contribution in [2.75, 3.05) is 19.6 Å². The minimum Gasteiger partial charge on any atom is -0.480 e. The number of aliphatic hydroxyl groups excluding tert-OH is 1. The molecule has 0 spiro atoms. The Morgan fingerprint density at radius 2 is 1.26 bits per heavy atom. The van der Waals surface area contributed by atoms with Gasteiger partial charge in [-0.25, -0.2) is 4.79 Å². The Morgan fingerprint density at radius 1 is 0.721 bits per heavy atom. The molecule has 2 rings (SSSR count). The molecule has 2 aliphatic rings. The molecule has 0 bridgehead atoms. The van der Waals surface area contributed by atoms with Gasteiger partial charge < -0.3 is 63.8 Å². The van der Waals surface area contributed by atoms with E-state index in [-0.39, 0.29) is 63.1 Å². The molecule has 2 saturated heterocycles. The van der Waals surface area contributed by atoms with Crippen molar-refractivity contribution in [2.45, 2.75) is 161 Å². The summed E-state index contributed by atoms with van der Waals surface area (Å²) in [6.45, 7) is 14.1. The first-order chi connectivity index (χ1) is 28.5. The molecule has 0 aromatic heterocycles. The smallest absolute Gasteiger partial charge is 0.326 e. The average Bonchev–Trinajstić information content (AvgIpc) is 3.89. The topological polar surface area (TPSA) is 334 Å². The number of rotatable bonds is 23. The van der Waals surface area contributed by atoms with E-state index in [0.29, 0.717) is 25.7 Å². The molecular formula is C40H71N11O10. The van der Waals surface area contributed by atoms with Gasteiger partial charge in [-0.2, -0.15) is 0 Å². The molecule has 0 unspecified atom stereocenters. The molecule has 61 heavy (non-hydrogen) atoms. The van der Waals surface area contributed by atoms with Crippen LogP contribution in [0.1, 0.15) is 107 Å². The summed E-state index contributed by atoms with van der Waals surface area (Å²) in [4.78, 5) is 113. The molecule has 0 aliphatic carbocycles. The lowest BCUT2D eigenvalue weighted by molar-refractivity contribution is -0.149. The fraction of sp³-hybridized carbons (Fsp3) is 0.775. The Balaban J connectivity index is 2.21. The number of hydrogen-bond acceptors (Lipinski definition) is 11. The Hall–Kier alpha value is -5.05. The standard InChI is InChI=1S/C40H71N11O10/c1-9-22(6)30(48-34(55)29(21(4)5)47-32(53)25(41)13-10-16-44-40(42)43)35(56)46-26(19-20(2)3)38(59)50-17-11-14-27(50)33(54)49-31(24(8)52)36(57)45-23(7)37(58)51-18-12-15-28(51)39(60)61/h20-31,52H,9-19,41H2,1-8H3,(H,45,57)(H,46,56)(H,47,53)(H,48,55)(H,49,54)(H,60,61)(H4,42,43,44)/t22-,23-,24+,25-,26-,27-,28-,29-,30-,31-/m0/s1. The van der Waals surface area contributed by atoms with Crippen LogP contribution in [-0.4, -0.2) is 147 Å². The molecule has 0 saturated carbocycles. The first-order valence-corrected chi connectivity index (χ1v) is 21.4. The maximum Gasteiger partial charge on any atom is 0.326 e. The summed E-state index contributed by atoms with van der Waals surface area (Å²) in [5.41, 5.74) is 16.8. The molecule has 2 aliphatic heterocycles. The summed E-state index contributed by atoms with van der Waals surface area (Å²) in [5, 5.41) is 33.3. The molecule has 21 heteroatoms. The van der Waals surface area contributed by atoms with Crippen molar-refractivity contribution in [3.05, 3.63) is 0 Å². The van der Waals surface area contributed by atoms with Gasteiger partial charge in [0.15, 0.2) is 5.96 Å². The van der Waals surface area contributed by atoms with Gasteiger partial charge in [0.25, 0.3) is 0 Å². The molecule has 2 heterocycles. The van der Waals surface area contributed by atoms with Gasteiger partial charge in [-0.15, -0.1) is 0 Å². The molecule has 2 fully saturated rings. The molecular weight excluding hydrogens is 795 g/mol. The van der Waals surface area contributed by atoms with Crippen LogP contribution < -0.4 is 43.8 Å². The summed E-state index contributed by atoms with van der Waals surface area (Å²) in [6, 6.07) is -8.96. The number of nitrogens with two attached hydrogens (primary N) is 3. The zero-order valence-corrected chi connectivity index (χ0v) is 36.9. The van der Waals surface area contributed by atoms with Gasteiger partial charge in [0.1, 0.15) is 42.3 Å². The highest BCUT2D eigenvalue weighted by Gasteiger charge is 2.42. The number of aliphatic imine (C=N–C) groups is 1. The Bertz CT molecular complexity index is 1590. The van der Waals surface area contributed by atoms with Gasteiger partial charge in [-0.3, -0.25) is 38.6 Å². The van der Waals surface area contributed by atoms with Crippen molar-refractivity contribution in [2.24, 2.45) is 39.9 Å². The number of aliphatic hydroxyl groups is 1. The maximum absolute atomic E-state index is 14.3. The van der Waals surface area contributed by atoms with Crippen LogP contribution in [0.5, 0.6) is 0 Å². The quantitative estimate of drug-likeness (QED) is 0.0303. The van der Waals surface area contributed by atoms with E-state index >= 15 is 0 Å².